The average Bonchev–Trinajstić information content (AvgIpc) is 1.85. The van der Waals surface area contributed by atoms with Crippen LogP contribution < -0.4 is 37.1 Å². The molecule has 5 nitrogen and oxygen atoms in total. The Morgan fingerprint density at radius 1 is 0.463 bits per heavy atom. The maximum atomic E-state index is 14.4. The van der Waals surface area contributed by atoms with Gasteiger partial charge in [-0.15, -0.1) is 9.24 Å². The van der Waals surface area contributed by atoms with Gasteiger partial charge in [0.05, 0.1) is 50.0 Å². The number of fused-ring (bicyclic) bond motifs is 12. The highest BCUT2D eigenvalue weighted by Gasteiger charge is 2.31. The van der Waals surface area contributed by atoms with E-state index < -0.39 is 26.6 Å². The van der Waals surface area contributed by atoms with E-state index in [9.17, 15) is 9.47 Å². The number of hydrogen-bond acceptors (Lipinski definition) is 2. The Hall–Kier alpha value is -8.95. The normalized spacial score (nSPS) is 13.0. The molecule has 3 aromatic heterocycles. The lowest BCUT2D eigenvalue weighted by Gasteiger charge is -2.20. The van der Waals surface area contributed by atoms with Crippen LogP contribution in [0.2, 0.25) is 0 Å². The summed E-state index contributed by atoms with van der Waals surface area (Å²) in [4.78, 5) is 1.31. The Labute approximate surface area is 482 Å². The first-order valence-electron chi connectivity index (χ1n) is 27.4. The third kappa shape index (κ3) is 8.37. The van der Waals surface area contributed by atoms with Gasteiger partial charge in [0.1, 0.15) is 5.52 Å². The minimum atomic E-state index is -1.49. The molecule has 0 amide bonds. The van der Waals surface area contributed by atoms with Crippen LogP contribution in [0.4, 0.5) is 0 Å². The van der Waals surface area contributed by atoms with E-state index in [0.717, 1.165) is 101 Å². The van der Waals surface area contributed by atoms with Gasteiger partial charge in [-0.1, -0.05) is 170 Å². The summed E-state index contributed by atoms with van der Waals surface area (Å²) in [5.41, 5.74) is 10.1. The molecule has 388 valence electrons. The molecule has 0 radical (unpaired) electrons. The fraction of sp³-hybridized carbons (Fsp3) is 0.0274. The van der Waals surface area contributed by atoms with Crippen LogP contribution in [0, 0.1) is 23.5 Å². The predicted molar refractivity (Wildman–Crippen MR) is 351 cm³/mol. The van der Waals surface area contributed by atoms with Gasteiger partial charge in [-0.2, -0.15) is 5.26 Å². The van der Waals surface area contributed by atoms with Gasteiger partial charge < -0.3 is 13.7 Å². The molecule has 11 aromatic carbocycles. The first kappa shape index (κ1) is 50.0. The summed E-state index contributed by atoms with van der Waals surface area (Å²) in [5.74, 6) is 0. The second kappa shape index (κ2) is 20.9. The van der Waals surface area contributed by atoms with E-state index in [0.29, 0.717) is 15.4 Å². The summed E-state index contributed by atoms with van der Waals surface area (Å²) in [6, 6.07) is 96.3. The predicted octanol–water partition coefficient (Wildman–Crippen LogP) is 14.8. The van der Waals surface area contributed by atoms with Crippen molar-refractivity contribution in [3.05, 3.63) is 279 Å². The highest BCUT2D eigenvalue weighted by molar-refractivity contribution is 7.85. The van der Waals surface area contributed by atoms with E-state index in [1.54, 1.807) is 24.3 Å². The molecule has 2 unspecified atom stereocenters. The molecule has 9 heteroatoms. The van der Waals surface area contributed by atoms with E-state index in [2.05, 4.69) is 266 Å². The minimum Gasteiger partial charge on any atom is -0.309 e. The zero-order chi connectivity index (χ0) is 54.8. The summed E-state index contributed by atoms with van der Waals surface area (Å²) in [6.45, 7) is 0. The van der Waals surface area contributed by atoms with Gasteiger partial charge in [-0.05, 0) is 164 Å². The van der Waals surface area contributed by atoms with Gasteiger partial charge in [0, 0.05) is 64.5 Å². The number of aromatic nitrogens is 3. The van der Waals surface area contributed by atoms with E-state index >= 15 is 0 Å². The van der Waals surface area contributed by atoms with Gasteiger partial charge in [0.25, 0.3) is 0 Å². The first-order chi connectivity index (χ1) is 40.5. The molecule has 14 aromatic rings. The van der Waals surface area contributed by atoms with Crippen molar-refractivity contribution >= 4 is 144 Å². The number of para-hydroxylation sites is 1. The number of nitriles is 1. The molecule has 3 heterocycles. The van der Waals surface area contributed by atoms with E-state index in [4.69, 9.17) is 0 Å². The molecule has 0 aliphatic heterocycles. The van der Waals surface area contributed by atoms with Crippen molar-refractivity contribution in [1.29, 1.82) is 5.26 Å². The average molecular weight is 1120 g/mol. The summed E-state index contributed by atoms with van der Waals surface area (Å²) in [6.07, 6.45) is 8.96. The Bertz CT molecular complexity index is 4850. The maximum absolute atomic E-state index is 14.4. The maximum Gasteiger partial charge on any atom is 0.106 e. The van der Waals surface area contributed by atoms with Crippen molar-refractivity contribution in [3.63, 3.8) is 0 Å². The van der Waals surface area contributed by atoms with Gasteiger partial charge in [-0.25, -0.2) is 4.21 Å². The van der Waals surface area contributed by atoms with Crippen LogP contribution >= 0.6 is 25.1 Å². The van der Waals surface area contributed by atoms with E-state index in [1.165, 1.54) is 31.9 Å². The van der Waals surface area contributed by atoms with Crippen LogP contribution in [-0.4, -0.2) is 17.9 Å². The van der Waals surface area contributed by atoms with Crippen LogP contribution in [0.3, 0.4) is 0 Å². The minimum absolute atomic E-state index is 0.528. The number of nitrogens with zero attached hydrogens (tertiary/aromatic N) is 4. The van der Waals surface area contributed by atoms with Crippen LogP contribution in [0.1, 0.15) is 18.4 Å². The van der Waals surface area contributed by atoms with Gasteiger partial charge in [0.15, 0.2) is 0 Å². The molecule has 0 N–H and O–H groups in total. The lowest BCUT2D eigenvalue weighted by atomic mass is 10.0. The second-order valence-corrected chi connectivity index (χ2v) is 27.1. The summed E-state index contributed by atoms with van der Waals surface area (Å²) in [5, 5.41) is 24.9. The lowest BCUT2D eigenvalue weighted by Crippen LogP contribution is -2.20. The number of hydrogen-bond donors (Lipinski definition) is 0. The van der Waals surface area contributed by atoms with Crippen LogP contribution in [0.25, 0.3) is 82.5 Å². The van der Waals surface area contributed by atoms with Gasteiger partial charge in [-0.3, -0.25) is 0 Å². The lowest BCUT2D eigenvalue weighted by molar-refractivity contribution is 0.683. The standard InChI is InChI=1S/C73H49N4OP3S/c74-48-49-31-38-60(39-32-49)82(78)61-40-33-52(34-41-61)77-67-44-37-59(81(56-27-15-5-16-28-56)57-29-17-6-18-30-57)47-64(67)70-71-68(62-45-53(79)35-42-65(62)75(71)50-19-7-1-8-20-50)72-69(73(70)77)63-46-58(36-43-66(63)76(72)51-21-9-2-10-22-51)80(54-23-11-3-12-24-54)55-25-13-4-14-26-55/h1,3-9,11-36,38-43,45-47H,2,10,79H2. The van der Waals surface area contributed by atoms with Gasteiger partial charge >= 0.3 is 0 Å². The molecule has 0 saturated heterocycles. The van der Waals surface area contributed by atoms with Crippen molar-refractivity contribution in [2.75, 3.05) is 0 Å². The van der Waals surface area contributed by atoms with Crippen LogP contribution in [-0.2, 0) is 10.8 Å². The largest absolute Gasteiger partial charge is 0.309 e. The number of allylic oxidation sites excluding steroid dienone is 4. The highest BCUT2D eigenvalue weighted by atomic mass is 32.2. The second-order valence-electron chi connectivity index (χ2n) is 20.6. The van der Waals surface area contributed by atoms with Crippen molar-refractivity contribution in [1.82, 2.24) is 13.7 Å². The van der Waals surface area contributed by atoms with Crippen LogP contribution in [0.5, 0.6) is 0 Å². The summed E-state index contributed by atoms with van der Waals surface area (Å²) >= 11 is 0. The molecular formula is C73H49N4OP3S. The quantitative estimate of drug-likeness (QED) is 0.121. The van der Waals surface area contributed by atoms with Crippen LogP contribution in [0.15, 0.2) is 271 Å². The van der Waals surface area contributed by atoms with Crippen molar-refractivity contribution in [2.45, 2.75) is 22.6 Å². The first-order valence-corrected chi connectivity index (χ1v) is 31.8. The smallest absolute Gasteiger partial charge is 0.106 e. The highest BCUT2D eigenvalue weighted by Crippen LogP contribution is 2.51. The molecular weight excluding hydrogens is 1070 g/mol. The fourth-order valence-electron chi connectivity index (χ4n) is 12.3. The zero-order valence-corrected chi connectivity index (χ0v) is 48.1. The Kier molecular flexibility index (Phi) is 12.7. The fourth-order valence-corrected chi connectivity index (χ4v) is 18.1. The Morgan fingerprint density at radius 2 is 0.963 bits per heavy atom. The SMILES string of the molecule is N#Cc1ccc(S(=O)c2ccc(-n3c4c#cc(P(c5ccccc5)c5ccccc5)cc4c4c3c3c5cc(P(c6ccccc6)c6ccccc6)ccc5n(C5=CCCC=C5)c3c3c5cc(P)ccc5n(-c5ccccc5)c34)cc2)cc1. The molecule has 15 rings (SSSR count). The zero-order valence-electron chi connectivity index (χ0n) is 44.3. The van der Waals surface area contributed by atoms with Crippen molar-refractivity contribution in [3.8, 4) is 17.4 Å². The third-order valence-corrected chi connectivity index (χ3v) is 22.3. The molecule has 2 atom stereocenters. The molecule has 0 fully saturated rings. The van der Waals surface area contributed by atoms with Crippen molar-refractivity contribution < 1.29 is 4.21 Å². The molecule has 0 saturated carbocycles. The summed E-state index contributed by atoms with van der Waals surface area (Å²) in [7, 11) is -0.545. The molecule has 1 aliphatic rings. The Balaban J connectivity index is 1.16. The molecule has 1 aliphatic carbocycles. The molecule has 82 heavy (non-hydrogen) atoms. The molecule has 0 bridgehead atoms. The van der Waals surface area contributed by atoms with E-state index in [1.807, 2.05) is 12.1 Å². The van der Waals surface area contributed by atoms with Gasteiger partial charge in [0.2, 0.25) is 0 Å². The number of benzene rings is 10. The number of rotatable bonds is 11. The topological polar surface area (TPSA) is 55.6 Å². The third-order valence-electron chi connectivity index (χ3n) is 15.8. The van der Waals surface area contributed by atoms with Crippen molar-refractivity contribution in [2.24, 2.45) is 0 Å². The molecule has 0 spiro atoms. The Morgan fingerprint density at radius 3 is 1.55 bits per heavy atom. The monoisotopic (exact) mass is 1120 g/mol. The summed E-state index contributed by atoms with van der Waals surface area (Å²) < 4.78 is 21.9. The van der Waals surface area contributed by atoms with E-state index in [-0.39, 0.29) is 0 Å².